The van der Waals surface area contributed by atoms with Gasteiger partial charge in [-0.2, -0.15) is 0 Å². The van der Waals surface area contributed by atoms with Crippen LogP contribution in [0.3, 0.4) is 0 Å². The van der Waals surface area contributed by atoms with Gasteiger partial charge in [-0.15, -0.1) is 0 Å². The van der Waals surface area contributed by atoms with Crippen molar-refractivity contribution in [2.75, 3.05) is 47.5 Å². The Hall–Kier alpha value is -1.77. The van der Waals surface area contributed by atoms with Gasteiger partial charge < -0.3 is 18.9 Å². The van der Waals surface area contributed by atoms with Gasteiger partial charge in [-0.05, 0) is 64.2 Å². The number of phosphoric acid groups is 1. The zero-order chi connectivity index (χ0) is 40.7. The van der Waals surface area contributed by atoms with Crippen LogP contribution in [0, 0.1) is 0 Å². The molecule has 0 amide bonds. The van der Waals surface area contributed by atoms with Crippen LogP contribution in [0.4, 0.5) is 0 Å². The third kappa shape index (κ3) is 41.7. The Kier molecular flexibility index (Phi) is 36.6. The van der Waals surface area contributed by atoms with Gasteiger partial charge in [-0.1, -0.05) is 147 Å². The number of allylic oxidation sites excluding steroid dienone is 6. The quantitative estimate of drug-likeness (QED) is 0.0215. The number of quaternary nitrogens is 1. The Bertz CT molecular complexity index is 1040. The van der Waals surface area contributed by atoms with Gasteiger partial charge in [0.25, 0.3) is 0 Å². The van der Waals surface area contributed by atoms with Crippen molar-refractivity contribution in [3.8, 4) is 0 Å². The third-order valence-electron chi connectivity index (χ3n) is 9.37. The molecule has 0 aromatic heterocycles. The highest BCUT2D eigenvalue weighted by Crippen LogP contribution is 2.43. The van der Waals surface area contributed by atoms with Crippen molar-refractivity contribution in [1.82, 2.24) is 0 Å². The van der Waals surface area contributed by atoms with E-state index in [0.29, 0.717) is 17.4 Å². The fourth-order valence-corrected chi connectivity index (χ4v) is 6.61. The van der Waals surface area contributed by atoms with Gasteiger partial charge >= 0.3 is 19.8 Å². The lowest BCUT2D eigenvalue weighted by Gasteiger charge is -2.24. The van der Waals surface area contributed by atoms with Gasteiger partial charge in [0, 0.05) is 12.8 Å². The molecule has 0 aromatic rings. The molecule has 10 heteroatoms. The van der Waals surface area contributed by atoms with Crippen LogP contribution in [0.1, 0.15) is 187 Å². The Labute approximate surface area is 338 Å². The highest BCUT2D eigenvalue weighted by molar-refractivity contribution is 7.47. The highest BCUT2D eigenvalue weighted by Gasteiger charge is 2.27. The molecule has 0 fully saturated rings. The molecule has 1 N–H and O–H groups in total. The predicted molar refractivity (Wildman–Crippen MR) is 229 cm³/mol. The normalized spacial score (nSPS) is 13.9. The fourth-order valence-electron chi connectivity index (χ4n) is 5.87. The number of nitrogens with zero attached hydrogens (tertiary/aromatic N) is 1. The second kappa shape index (κ2) is 37.8. The lowest BCUT2D eigenvalue weighted by atomic mass is 10.1. The summed E-state index contributed by atoms with van der Waals surface area (Å²) in [5.74, 6) is -0.815. The molecule has 55 heavy (non-hydrogen) atoms. The van der Waals surface area contributed by atoms with E-state index >= 15 is 0 Å². The largest absolute Gasteiger partial charge is 0.472 e. The SMILES string of the molecule is CCC/C=C\CCCCCCCC(=O)OCC(COP(=O)(O)OCC[N+](C)(C)C)OC(=O)CCCCCCCCCCC/C=C\C/C=C\CCCCCCC. The number of unbranched alkanes of at least 4 members (excludes halogenated alkanes) is 20. The molecule has 0 aliphatic carbocycles. The van der Waals surface area contributed by atoms with E-state index in [1.807, 2.05) is 21.1 Å². The average molecular weight is 799 g/mol. The van der Waals surface area contributed by atoms with E-state index in [1.54, 1.807) is 0 Å². The van der Waals surface area contributed by atoms with E-state index < -0.39 is 26.5 Å². The first-order valence-electron chi connectivity index (χ1n) is 22.2. The zero-order valence-corrected chi connectivity index (χ0v) is 37.1. The van der Waals surface area contributed by atoms with Crippen LogP contribution >= 0.6 is 7.82 Å². The van der Waals surface area contributed by atoms with Crippen LogP contribution in [-0.2, 0) is 32.7 Å². The lowest BCUT2D eigenvalue weighted by molar-refractivity contribution is -0.870. The minimum absolute atomic E-state index is 0.0293. The summed E-state index contributed by atoms with van der Waals surface area (Å²) in [6.07, 6.45) is 42.0. The van der Waals surface area contributed by atoms with Crippen LogP contribution in [0.2, 0.25) is 0 Å². The topological polar surface area (TPSA) is 108 Å². The van der Waals surface area contributed by atoms with Crippen LogP contribution in [0.25, 0.3) is 0 Å². The molecule has 0 radical (unpaired) electrons. The van der Waals surface area contributed by atoms with Crippen LogP contribution < -0.4 is 0 Å². The van der Waals surface area contributed by atoms with Crippen molar-refractivity contribution < 1.29 is 42.1 Å². The first kappa shape index (κ1) is 53.2. The average Bonchev–Trinajstić information content (AvgIpc) is 3.13. The Morgan fingerprint density at radius 2 is 1.02 bits per heavy atom. The second-order valence-electron chi connectivity index (χ2n) is 16.1. The maximum atomic E-state index is 12.7. The molecular formula is C45H85NO8P+. The molecule has 0 saturated heterocycles. The summed E-state index contributed by atoms with van der Waals surface area (Å²) in [4.78, 5) is 35.3. The molecular weight excluding hydrogens is 713 g/mol. The number of carbonyl (C=O) groups excluding carboxylic acids is 2. The molecule has 0 rings (SSSR count). The third-order valence-corrected chi connectivity index (χ3v) is 10.4. The van der Waals surface area contributed by atoms with Gasteiger partial charge in [0.15, 0.2) is 6.10 Å². The summed E-state index contributed by atoms with van der Waals surface area (Å²) in [5, 5.41) is 0. The number of hydrogen-bond donors (Lipinski definition) is 1. The minimum atomic E-state index is -4.37. The van der Waals surface area contributed by atoms with Gasteiger partial charge in [0.05, 0.1) is 27.7 Å². The summed E-state index contributed by atoms with van der Waals surface area (Å²) >= 11 is 0. The second-order valence-corrected chi connectivity index (χ2v) is 17.5. The number of ether oxygens (including phenoxy) is 2. The Morgan fingerprint density at radius 1 is 0.564 bits per heavy atom. The molecule has 0 aliphatic rings. The van der Waals surface area contributed by atoms with Crippen molar-refractivity contribution in [3.05, 3.63) is 36.5 Å². The number of carbonyl (C=O) groups is 2. The molecule has 9 nitrogen and oxygen atoms in total. The summed E-state index contributed by atoms with van der Waals surface area (Å²) in [6.45, 7) is 4.33. The number of likely N-dealkylation sites (N-methyl/N-ethyl adjacent to an activating group) is 1. The van der Waals surface area contributed by atoms with Gasteiger partial charge in [-0.3, -0.25) is 18.6 Å². The molecule has 2 atom stereocenters. The van der Waals surface area contributed by atoms with Gasteiger partial charge in [-0.25, -0.2) is 4.57 Å². The number of hydrogen-bond acceptors (Lipinski definition) is 7. The number of phosphoric ester groups is 1. The highest BCUT2D eigenvalue weighted by atomic mass is 31.2. The molecule has 0 aliphatic heterocycles. The van der Waals surface area contributed by atoms with E-state index in [1.165, 1.54) is 77.0 Å². The fraction of sp³-hybridized carbons (Fsp3) is 0.822. The van der Waals surface area contributed by atoms with Crippen molar-refractivity contribution in [1.29, 1.82) is 0 Å². The number of rotatable bonds is 40. The molecule has 0 saturated carbocycles. The molecule has 0 spiro atoms. The summed E-state index contributed by atoms with van der Waals surface area (Å²) in [6, 6.07) is 0. The lowest BCUT2D eigenvalue weighted by Crippen LogP contribution is -2.37. The van der Waals surface area contributed by atoms with Crippen molar-refractivity contribution in [2.45, 2.75) is 193 Å². The van der Waals surface area contributed by atoms with Crippen molar-refractivity contribution >= 4 is 19.8 Å². The standard InChI is InChI=1S/C45H84NO8P/c1-6-8-10-12-14-16-18-19-20-21-22-23-24-25-26-27-28-30-32-34-36-38-45(48)54-43(42-53-55(49,50)52-40-39-46(3,4)5)41-51-44(47)37-35-33-31-29-17-15-13-11-9-7-2/h11,13,18-19,21-22,43H,6-10,12,14-17,20,23-42H2,1-5H3/p+1/b13-11-,19-18-,22-21-. The predicted octanol–water partition coefficient (Wildman–Crippen LogP) is 12.5. The van der Waals surface area contributed by atoms with Crippen molar-refractivity contribution in [3.63, 3.8) is 0 Å². The Balaban J connectivity index is 4.28. The van der Waals surface area contributed by atoms with Crippen molar-refractivity contribution in [2.24, 2.45) is 0 Å². The van der Waals surface area contributed by atoms with Gasteiger partial charge in [0.1, 0.15) is 19.8 Å². The monoisotopic (exact) mass is 799 g/mol. The van der Waals surface area contributed by atoms with E-state index in [-0.39, 0.29) is 32.0 Å². The Morgan fingerprint density at radius 3 is 1.53 bits per heavy atom. The maximum absolute atomic E-state index is 12.7. The molecule has 2 unspecified atom stereocenters. The van der Waals surface area contributed by atoms with E-state index in [0.717, 1.165) is 77.0 Å². The van der Waals surface area contributed by atoms with Crippen LogP contribution in [0.5, 0.6) is 0 Å². The van der Waals surface area contributed by atoms with E-state index in [2.05, 4.69) is 50.3 Å². The first-order chi connectivity index (χ1) is 26.5. The summed E-state index contributed by atoms with van der Waals surface area (Å²) in [5.41, 5.74) is 0. The number of esters is 2. The van der Waals surface area contributed by atoms with E-state index in [9.17, 15) is 19.0 Å². The smallest absolute Gasteiger partial charge is 0.462 e. The molecule has 0 aromatic carbocycles. The van der Waals surface area contributed by atoms with Crippen LogP contribution in [0.15, 0.2) is 36.5 Å². The van der Waals surface area contributed by atoms with Gasteiger partial charge in [0.2, 0.25) is 0 Å². The molecule has 0 bridgehead atoms. The maximum Gasteiger partial charge on any atom is 0.472 e. The summed E-state index contributed by atoms with van der Waals surface area (Å²) in [7, 11) is 1.47. The molecule has 0 heterocycles. The first-order valence-corrected chi connectivity index (χ1v) is 23.7. The van der Waals surface area contributed by atoms with E-state index in [4.69, 9.17) is 18.5 Å². The van der Waals surface area contributed by atoms with Crippen LogP contribution in [-0.4, -0.2) is 74.9 Å². The minimum Gasteiger partial charge on any atom is -0.462 e. The molecule has 322 valence electrons. The zero-order valence-electron chi connectivity index (χ0n) is 36.2. The summed E-state index contributed by atoms with van der Waals surface area (Å²) < 4.78 is 34.2.